The van der Waals surface area contributed by atoms with Crippen molar-refractivity contribution in [1.82, 2.24) is 5.32 Å². The molecule has 0 aliphatic heterocycles. The Morgan fingerprint density at radius 3 is 2.17 bits per heavy atom. The van der Waals surface area contributed by atoms with E-state index in [9.17, 15) is 13.2 Å². The lowest BCUT2D eigenvalue weighted by molar-refractivity contribution is -0.123. The Kier molecular flexibility index (Phi) is 9.43. The highest BCUT2D eigenvalue weighted by Gasteiger charge is 2.14. The van der Waals surface area contributed by atoms with Crippen LogP contribution in [0.5, 0.6) is 11.5 Å². The Morgan fingerprint density at radius 1 is 0.900 bits per heavy atom. The van der Waals surface area contributed by atoms with E-state index in [0.717, 1.165) is 6.42 Å². The number of carbonyl (C=O) groups is 1. The Morgan fingerprint density at radius 2 is 1.53 bits per heavy atom. The zero-order chi connectivity index (χ0) is 21.8. The molecule has 0 saturated heterocycles. The van der Waals surface area contributed by atoms with E-state index in [4.69, 9.17) is 14.2 Å². The highest BCUT2D eigenvalue weighted by molar-refractivity contribution is 7.92. The molecule has 0 aromatic heterocycles. The summed E-state index contributed by atoms with van der Waals surface area (Å²) in [7, 11) is -3.74. The van der Waals surface area contributed by atoms with Crippen LogP contribution < -0.4 is 19.5 Å². The van der Waals surface area contributed by atoms with Crippen LogP contribution in [0.2, 0.25) is 0 Å². The summed E-state index contributed by atoms with van der Waals surface area (Å²) in [6, 6.07) is 12.5. The van der Waals surface area contributed by atoms with E-state index < -0.39 is 10.0 Å². The smallest absolute Gasteiger partial charge is 0.261 e. The van der Waals surface area contributed by atoms with Gasteiger partial charge in [-0.3, -0.25) is 9.52 Å². The summed E-state index contributed by atoms with van der Waals surface area (Å²) >= 11 is 0. The van der Waals surface area contributed by atoms with Crippen molar-refractivity contribution < 1.29 is 27.4 Å². The first kappa shape index (κ1) is 23.5. The van der Waals surface area contributed by atoms with Gasteiger partial charge in [0, 0.05) is 25.4 Å². The first-order valence-corrected chi connectivity index (χ1v) is 11.3. The Bertz CT molecular complexity index is 883. The van der Waals surface area contributed by atoms with Crippen molar-refractivity contribution in [3.05, 3.63) is 48.5 Å². The number of benzene rings is 2. The summed E-state index contributed by atoms with van der Waals surface area (Å²) in [4.78, 5) is 11.8. The fraction of sp³-hybridized carbons (Fsp3) is 0.381. The summed E-state index contributed by atoms with van der Waals surface area (Å²) in [6.45, 7) is 5.94. The van der Waals surface area contributed by atoms with Gasteiger partial charge in [0.25, 0.3) is 15.9 Å². The second-order valence-corrected chi connectivity index (χ2v) is 7.91. The number of hydrogen-bond acceptors (Lipinski definition) is 6. The molecule has 8 nitrogen and oxygen atoms in total. The minimum absolute atomic E-state index is 0.0871. The van der Waals surface area contributed by atoms with E-state index in [2.05, 4.69) is 10.0 Å². The molecule has 2 N–H and O–H groups in total. The van der Waals surface area contributed by atoms with Gasteiger partial charge < -0.3 is 19.5 Å². The Hall–Kier alpha value is -2.78. The van der Waals surface area contributed by atoms with Crippen LogP contribution >= 0.6 is 0 Å². The molecule has 0 aliphatic rings. The predicted octanol–water partition coefficient (Wildman–Crippen LogP) is 2.81. The van der Waals surface area contributed by atoms with Crippen molar-refractivity contribution >= 4 is 21.6 Å². The van der Waals surface area contributed by atoms with Gasteiger partial charge in [-0.1, -0.05) is 0 Å². The number of hydrogen-bond donors (Lipinski definition) is 2. The van der Waals surface area contributed by atoms with Crippen LogP contribution in [0.25, 0.3) is 0 Å². The molecule has 0 bridgehead atoms. The third kappa shape index (κ3) is 7.92. The normalized spacial score (nSPS) is 11.0. The van der Waals surface area contributed by atoms with E-state index in [-0.39, 0.29) is 17.4 Å². The van der Waals surface area contributed by atoms with Crippen LogP contribution in [-0.4, -0.2) is 47.3 Å². The molecule has 0 radical (unpaired) electrons. The van der Waals surface area contributed by atoms with Gasteiger partial charge in [0.05, 0.1) is 11.5 Å². The molecular formula is C21H28N2O6S. The monoisotopic (exact) mass is 436 g/mol. The zero-order valence-electron chi connectivity index (χ0n) is 17.2. The second-order valence-electron chi connectivity index (χ2n) is 6.22. The quantitative estimate of drug-likeness (QED) is 0.468. The number of sulfonamides is 1. The van der Waals surface area contributed by atoms with E-state index >= 15 is 0 Å². The third-order valence-electron chi connectivity index (χ3n) is 3.91. The van der Waals surface area contributed by atoms with Crippen LogP contribution in [0.3, 0.4) is 0 Å². The third-order valence-corrected chi connectivity index (χ3v) is 5.31. The van der Waals surface area contributed by atoms with Gasteiger partial charge in [0.15, 0.2) is 6.61 Å². The maximum Gasteiger partial charge on any atom is 0.261 e. The molecule has 164 valence electrons. The van der Waals surface area contributed by atoms with Crippen molar-refractivity contribution in [2.24, 2.45) is 0 Å². The lowest BCUT2D eigenvalue weighted by atomic mass is 10.3. The van der Waals surface area contributed by atoms with Crippen LogP contribution in [-0.2, 0) is 19.6 Å². The fourth-order valence-corrected chi connectivity index (χ4v) is 3.52. The highest BCUT2D eigenvalue weighted by Crippen LogP contribution is 2.21. The van der Waals surface area contributed by atoms with E-state index in [1.165, 1.54) is 24.3 Å². The molecular weight excluding hydrogens is 408 g/mol. The molecule has 2 aromatic carbocycles. The number of nitrogens with one attached hydrogen (secondary N) is 2. The SMILES string of the molecule is CCOCCCNC(=O)COc1ccc(S(=O)(=O)Nc2ccc(OCC)cc2)cc1. The largest absolute Gasteiger partial charge is 0.494 e. The van der Waals surface area contributed by atoms with Crippen molar-refractivity contribution in [3.63, 3.8) is 0 Å². The number of ether oxygens (including phenoxy) is 3. The van der Waals surface area contributed by atoms with Crippen LogP contribution in [0.4, 0.5) is 5.69 Å². The molecule has 0 saturated carbocycles. The number of anilines is 1. The minimum atomic E-state index is -3.74. The van der Waals surface area contributed by atoms with Gasteiger partial charge in [0.1, 0.15) is 11.5 Å². The molecule has 0 aliphatic carbocycles. The van der Waals surface area contributed by atoms with Gasteiger partial charge in [-0.2, -0.15) is 0 Å². The molecule has 0 spiro atoms. The second kappa shape index (κ2) is 12.0. The maximum absolute atomic E-state index is 12.5. The minimum Gasteiger partial charge on any atom is -0.494 e. The average Bonchev–Trinajstić information content (AvgIpc) is 2.74. The summed E-state index contributed by atoms with van der Waals surface area (Å²) in [6.07, 6.45) is 0.730. The van der Waals surface area contributed by atoms with Gasteiger partial charge >= 0.3 is 0 Å². The topological polar surface area (TPSA) is 103 Å². The zero-order valence-corrected chi connectivity index (χ0v) is 18.0. The van der Waals surface area contributed by atoms with Crippen LogP contribution in [0, 0.1) is 0 Å². The molecule has 0 heterocycles. The molecule has 0 unspecified atom stereocenters. The molecule has 9 heteroatoms. The number of rotatable bonds is 13. The van der Waals surface area contributed by atoms with Crippen LogP contribution in [0.15, 0.2) is 53.4 Å². The molecule has 0 fully saturated rings. The highest BCUT2D eigenvalue weighted by atomic mass is 32.2. The van der Waals surface area contributed by atoms with Crippen LogP contribution in [0.1, 0.15) is 20.3 Å². The number of carbonyl (C=O) groups excluding carboxylic acids is 1. The van der Waals surface area contributed by atoms with Gasteiger partial charge in [-0.25, -0.2) is 8.42 Å². The summed E-state index contributed by atoms with van der Waals surface area (Å²) in [5.41, 5.74) is 0.430. The van der Waals surface area contributed by atoms with Gasteiger partial charge in [0.2, 0.25) is 0 Å². The standard InChI is InChI=1S/C21H28N2O6S/c1-3-27-15-5-14-22-21(24)16-29-19-10-12-20(13-11-19)30(25,26)23-17-6-8-18(9-7-17)28-4-2/h6-13,23H,3-5,14-16H2,1-2H3,(H,22,24). The summed E-state index contributed by atoms with van der Waals surface area (Å²) < 4.78 is 43.5. The van der Waals surface area contributed by atoms with Crippen molar-refractivity contribution in [2.75, 3.05) is 37.7 Å². The van der Waals surface area contributed by atoms with Gasteiger partial charge in [-0.05, 0) is 68.8 Å². The van der Waals surface area contributed by atoms with Crippen molar-refractivity contribution in [1.29, 1.82) is 0 Å². The summed E-state index contributed by atoms with van der Waals surface area (Å²) in [5.74, 6) is 0.820. The number of amides is 1. The van der Waals surface area contributed by atoms with E-state index in [0.29, 0.717) is 43.6 Å². The first-order valence-electron chi connectivity index (χ1n) is 9.77. The lowest BCUT2D eigenvalue weighted by Crippen LogP contribution is -2.30. The first-order chi connectivity index (χ1) is 14.4. The van der Waals surface area contributed by atoms with Gasteiger partial charge in [-0.15, -0.1) is 0 Å². The Labute approximate surface area is 177 Å². The van der Waals surface area contributed by atoms with Crippen molar-refractivity contribution in [2.45, 2.75) is 25.2 Å². The molecule has 30 heavy (non-hydrogen) atoms. The fourth-order valence-electron chi connectivity index (χ4n) is 2.46. The van der Waals surface area contributed by atoms with Crippen molar-refractivity contribution in [3.8, 4) is 11.5 Å². The Balaban J connectivity index is 1.84. The average molecular weight is 437 g/mol. The molecule has 0 atom stereocenters. The van der Waals surface area contributed by atoms with E-state index in [1.54, 1.807) is 24.3 Å². The molecule has 1 amide bonds. The lowest BCUT2D eigenvalue weighted by Gasteiger charge is -2.11. The maximum atomic E-state index is 12.5. The molecule has 2 aromatic rings. The van der Waals surface area contributed by atoms with E-state index in [1.807, 2.05) is 13.8 Å². The molecule has 2 rings (SSSR count). The summed E-state index contributed by atoms with van der Waals surface area (Å²) in [5, 5.41) is 2.73. The predicted molar refractivity (Wildman–Crippen MR) is 114 cm³/mol.